The van der Waals surface area contributed by atoms with Crippen molar-refractivity contribution in [2.75, 3.05) is 11.1 Å². The standard InChI is InChI=1S/C12H17NO2S/c1-2-16(14,15)12-8-4-7-11(9-12)13-10-5-3-6-10/h4,7-10,13H,2-3,5-6H2,1H3. The van der Waals surface area contributed by atoms with Crippen molar-refractivity contribution in [1.82, 2.24) is 0 Å². The summed E-state index contributed by atoms with van der Waals surface area (Å²) in [6.07, 6.45) is 3.64. The molecule has 1 N–H and O–H groups in total. The Bertz CT molecular complexity index is 464. The maximum Gasteiger partial charge on any atom is 0.178 e. The van der Waals surface area contributed by atoms with Gasteiger partial charge in [-0.05, 0) is 37.5 Å². The average Bonchev–Trinajstić information content (AvgIpc) is 2.24. The maximum atomic E-state index is 11.7. The van der Waals surface area contributed by atoms with E-state index in [1.807, 2.05) is 6.07 Å². The molecule has 0 atom stereocenters. The summed E-state index contributed by atoms with van der Waals surface area (Å²) in [5.41, 5.74) is 0.916. The van der Waals surface area contributed by atoms with Crippen LogP contribution in [0.1, 0.15) is 26.2 Å². The molecule has 2 rings (SSSR count). The molecule has 0 heterocycles. The van der Waals surface area contributed by atoms with Crippen molar-refractivity contribution < 1.29 is 8.42 Å². The van der Waals surface area contributed by atoms with E-state index >= 15 is 0 Å². The van der Waals surface area contributed by atoms with Crippen LogP contribution in [0.3, 0.4) is 0 Å². The van der Waals surface area contributed by atoms with Gasteiger partial charge in [-0.15, -0.1) is 0 Å². The van der Waals surface area contributed by atoms with Crippen molar-refractivity contribution in [3.63, 3.8) is 0 Å². The topological polar surface area (TPSA) is 46.2 Å². The number of hydrogen-bond donors (Lipinski definition) is 1. The van der Waals surface area contributed by atoms with E-state index < -0.39 is 9.84 Å². The van der Waals surface area contributed by atoms with Crippen LogP contribution in [0.25, 0.3) is 0 Å². The summed E-state index contributed by atoms with van der Waals surface area (Å²) in [6, 6.07) is 7.64. The van der Waals surface area contributed by atoms with E-state index in [0.29, 0.717) is 10.9 Å². The lowest BCUT2D eigenvalue weighted by molar-refractivity contribution is 0.445. The van der Waals surface area contributed by atoms with Crippen molar-refractivity contribution in [1.29, 1.82) is 0 Å². The third kappa shape index (κ3) is 2.38. The van der Waals surface area contributed by atoms with Gasteiger partial charge in [0.05, 0.1) is 10.6 Å². The molecule has 0 spiro atoms. The molecule has 1 aliphatic carbocycles. The SMILES string of the molecule is CCS(=O)(=O)c1cccc(NC2CCC2)c1. The summed E-state index contributed by atoms with van der Waals surface area (Å²) in [7, 11) is -3.09. The van der Waals surface area contributed by atoms with Crippen LogP contribution >= 0.6 is 0 Å². The highest BCUT2D eigenvalue weighted by Crippen LogP contribution is 2.24. The van der Waals surface area contributed by atoms with Gasteiger partial charge in [-0.25, -0.2) is 8.42 Å². The Morgan fingerprint density at radius 3 is 2.69 bits per heavy atom. The minimum Gasteiger partial charge on any atom is -0.382 e. The molecule has 0 aliphatic heterocycles. The van der Waals surface area contributed by atoms with Crippen LogP contribution < -0.4 is 5.32 Å². The molecule has 0 saturated heterocycles. The summed E-state index contributed by atoms with van der Waals surface area (Å²) in [4.78, 5) is 0.416. The molecule has 1 fully saturated rings. The predicted octanol–water partition coefficient (Wildman–Crippen LogP) is 2.44. The van der Waals surface area contributed by atoms with Crippen molar-refractivity contribution in [2.24, 2.45) is 0 Å². The lowest BCUT2D eigenvalue weighted by Gasteiger charge is -2.27. The molecule has 1 saturated carbocycles. The smallest absolute Gasteiger partial charge is 0.178 e. The first-order valence-corrected chi connectivity index (χ1v) is 7.36. The molecule has 0 radical (unpaired) electrons. The normalized spacial score (nSPS) is 16.8. The van der Waals surface area contributed by atoms with E-state index in [2.05, 4.69) is 5.32 Å². The fourth-order valence-electron chi connectivity index (χ4n) is 1.73. The number of rotatable bonds is 4. The van der Waals surface area contributed by atoms with Gasteiger partial charge < -0.3 is 5.32 Å². The van der Waals surface area contributed by atoms with Gasteiger partial charge in [-0.3, -0.25) is 0 Å². The van der Waals surface area contributed by atoms with Crippen LogP contribution in [0, 0.1) is 0 Å². The third-order valence-electron chi connectivity index (χ3n) is 3.05. The zero-order valence-electron chi connectivity index (χ0n) is 9.44. The van der Waals surface area contributed by atoms with E-state index in [0.717, 1.165) is 5.69 Å². The summed E-state index contributed by atoms with van der Waals surface area (Å²) < 4.78 is 23.4. The fraction of sp³-hybridized carbons (Fsp3) is 0.500. The molecule has 0 amide bonds. The van der Waals surface area contributed by atoms with Gasteiger partial charge in [0, 0.05) is 11.7 Å². The Morgan fingerprint density at radius 2 is 2.12 bits per heavy atom. The summed E-state index contributed by atoms with van der Waals surface area (Å²) in [5.74, 6) is 0.153. The molecule has 0 unspecified atom stereocenters. The minimum absolute atomic E-state index is 0.153. The molecule has 88 valence electrons. The molecule has 16 heavy (non-hydrogen) atoms. The van der Waals surface area contributed by atoms with Gasteiger partial charge in [0.25, 0.3) is 0 Å². The first-order valence-electron chi connectivity index (χ1n) is 5.71. The van der Waals surface area contributed by atoms with E-state index in [9.17, 15) is 8.42 Å². The third-order valence-corrected chi connectivity index (χ3v) is 4.78. The van der Waals surface area contributed by atoms with Crippen molar-refractivity contribution in [2.45, 2.75) is 37.1 Å². The zero-order valence-corrected chi connectivity index (χ0v) is 10.3. The van der Waals surface area contributed by atoms with E-state index in [1.165, 1.54) is 19.3 Å². The quantitative estimate of drug-likeness (QED) is 0.877. The molecule has 0 bridgehead atoms. The number of nitrogens with one attached hydrogen (secondary N) is 1. The predicted molar refractivity (Wildman–Crippen MR) is 65.4 cm³/mol. The van der Waals surface area contributed by atoms with Gasteiger partial charge in [-0.2, -0.15) is 0 Å². The zero-order chi connectivity index (χ0) is 11.6. The van der Waals surface area contributed by atoms with Crippen LogP contribution in [0.2, 0.25) is 0 Å². The molecule has 0 aromatic heterocycles. The van der Waals surface area contributed by atoms with Crippen LogP contribution in [-0.2, 0) is 9.84 Å². The summed E-state index contributed by atoms with van der Waals surface area (Å²) >= 11 is 0. The molecule has 4 heteroatoms. The average molecular weight is 239 g/mol. The summed E-state index contributed by atoms with van der Waals surface area (Å²) in [5, 5.41) is 3.35. The van der Waals surface area contributed by atoms with Crippen LogP contribution in [0.15, 0.2) is 29.2 Å². The number of hydrogen-bond acceptors (Lipinski definition) is 3. The number of anilines is 1. The van der Waals surface area contributed by atoms with E-state index in [-0.39, 0.29) is 5.75 Å². The second-order valence-electron chi connectivity index (χ2n) is 4.20. The van der Waals surface area contributed by atoms with Gasteiger partial charge >= 0.3 is 0 Å². The molecular formula is C12H17NO2S. The molecule has 1 aromatic carbocycles. The molecule has 1 aliphatic rings. The first-order chi connectivity index (χ1) is 7.62. The van der Waals surface area contributed by atoms with Gasteiger partial charge in [-0.1, -0.05) is 13.0 Å². The summed E-state index contributed by atoms with van der Waals surface area (Å²) in [6.45, 7) is 1.67. The van der Waals surface area contributed by atoms with Crippen molar-refractivity contribution in [3.8, 4) is 0 Å². The van der Waals surface area contributed by atoms with Crippen molar-refractivity contribution >= 4 is 15.5 Å². The lowest BCUT2D eigenvalue weighted by Crippen LogP contribution is -2.27. The highest BCUT2D eigenvalue weighted by atomic mass is 32.2. The maximum absolute atomic E-state index is 11.7. The monoisotopic (exact) mass is 239 g/mol. The first kappa shape index (κ1) is 11.5. The fourth-order valence-corrected chi connectivity index (χ4v) is 2.66. The molecular weight excluding hydrogens is 222 g/mol. The van der Waals surface area contributed by atoms with Crippen molar-refractivity contribution in [3.05, 3.63) is 24.3 Å². The Kier molecular flexibility index (Phi) is 3.19. The Balaban J connectivity index is 2.18. The molecule has 3 nitrogen and oxygen atoms in total. The second-order valence-corrected chi connectivity index (χ2v) is 6.48. The lowest BCUT2D eigenvalue weighted by atomic mass is 9.93. The second kappa shape index (κ2) is 4.45. The van der Waals surface area contributed by atoms with Crippen LogP contribution in [-0.4, -0.2) is 20.2 Å². The highest BCUT2D eigenvalue weighted by molar-refractivity contribution is 7.91. The van der Waals surface area contributed by atoms with Crippen LogP contribution in [0.4, 0.5) is 5.69 Å². The van der Waals surface area contributed by atoms with Gasteiger partial charge in [0.2, 0.25) is 0 Å². The van der Waals surface area contributed by atoms with E-state index in [1.54, 1.807) is 25.1 Å². The Hall–Kier alpha value is -1.03. The number of sulfone groups is 1. The molecule has 1 aromatic rings. The largest absolute Gasteiger partial charge is 0.382 e. The van der Waals surface area contributed by atoms with Gasteiger partial charge in [0.15, 0.2) is 9.84 Å². The highest BCUT2D eigenvalue weighted by Gasteiger charge is 2.18. The Morgan fingerprint density at radius 1 is 1.38 bits per heavy atom. The van der Waals surface area contributed by atoms with Gasteiger partial charge in [0.1, 0.15) is 0 Å². The van der Waals surface area contributed by atoms with Crippen LogP contribution in [0.5, 0.6) is 0 Å². The Labute approximate surface area is 96.8 Å². The number of benzene rings is 1. The van der Waals surface area contributed by atoms with E-state index in [4.69, 9.17) is 0 Å². The minimum atomic E-state index is -3.09.